The van der Waals surface area contributed by atoms with Crippen LogP contribution < -0.4 is 0 Å². The number of carbonyl (C=O) groups excluding carboxylic acids is 3. The van der Waals surface area contributed by atoms with Crippen LogP contribution in [-0.2, 0) is 28.6 Å². The normalized spacial score (nSPS) is 12.9. The van der Waals surface area contributed by atoms with Gasteiger partial charge in [-0.1, -0.05) is 214 Å². The van der Waals surface area contributed by atoms with Gasteiger partial charge < -0.3 is 14.2 Å². The smallest absolute Gasteiger partial charge is 0.306 e. The molecule has 6 nitrogen and oxygen atoms in total. The summed E-state index contributed by atoms with van der Waals surface area (Å²) in [5, 5.41) is 0. The predicted molar refractivity (Wildman–Crippen MR) is 265 cm³/mol. The minimum Gasteiger partial charge on any atom is -0.462 e. The summed E-state index contributed by atoms with van der Waals surface area (Å²) in [7, 11) is 0. The molecule has 0 aromatic rings. The summed E-state index contributed by atoms with van der Waals surface area (Å²) in [6.07, 6.45) is 65.3. The summed E-state index contributed by atoms with van der Waals surface area (Å²) in [6, 6.07) is 0. The second-order valence-corrected chi connectivity index (χ2v) is 16.5. The number of hydrogen-bond acceptors (Lipinski definition) is 6. The Bertz CT molecular complexity index is 1260. The first-order valence-corrected chi connectivity index (χ1v) is 25.3. The molecular weight excluding hydrogens is 769 g/mol. The van der Waals surface area contributed by atoms with Gasteiger partial charge in [-0.25, -0.2) is 0 Å². The maximum atomic E-state index is 12.8. The molecule has 0 saturated heterocycles. The summed E-state index contributed by atoms with van der Waals surface area (Å²) in [5.74, 6) is -0.995. The van der Waals surface area contributed by atoms with Gasteiger partial charge in [-0.2, -0.15) is 0 Å². The van der Waals surface area contributed by atoms with Crippen LogP contribution in [0, 0.1) is 0 Å². The Kier molecular flexibility index (Phi) is 47.0. The van der Waals surface area contributed by atoms with Gasteiger partial charge in [0.05, 0.1) is 0 Å². The minimum atomic E-state index is -0.814. The van der Waals surface area contributed by atoms with Crippen molar-refractivity contribution in [3.8, 4) is 0 Å². The Morgan fingerprint density at radius 3 is 1.13 bits per heavy atom. The van der Waals surface area contributed by atoms with E-state index in [9.17, 15) is 14.4 Å². The van der Waals surface area contributed by atoms with Gasteiger partial charge in [0.15, 0.2) is 6.10 Å². The van der Waals surface area contributed by atoms with Gasteiger partial charge >= 0.3 is 17.9 Å². The molecule has 0 bridgehead atoms. The van der Waals surface area contributed by atoms with E-state index in [1.165, 1.54) is 83.5 Å². The number of esters is 3. The van der Waals surface area contributed by atoms with Crippen molar-refractivity contribution < 1.29 is 28.6 Å². The number of unbranched alkanes of at least 4 members (excludes halogenated alkanes) is 20. The highest BCUT2D eigenvalue weighted by Crippen LogP contribution is 2.13. The lowest BCUT2D eigenvalue weighted by Gasteiger charge is -2.18. The average molecular weight is 861 g/mol. The third-order valence-electron chi connectivity index (χ3n) is 10.4. The van der Waals surface area contributed by atoms with E-state index in [0.717, 1.165) is 89.9 Å². The molecule has 0 rings (SSSR count). The molecule has 0 aliphatic rings. The summed E-state index contributed by atoms with van der Waals surface area (Å²) >= 11 is 0. The molecule has 352 valence electrons. The monoisotopic (exact) mass is 861 g/mol. The molecule has 0 aromatic heterocycles. The molecule has 0 amide bonds. The third kappa shape index (κ3) is 47.4. The maximum absolute atomic E-state index is 12.8. The Balaban J connectivity index is 4.49. The van der Waals surface area contributed by atoms with Crippen LogP contribution in [0.2, 0.25) is 0 Å². The Hall–Kier alpha value is -3.67. The second kappa shape index (κ2) is 50.0. The van der Waals surface area contributed by atoms with Crippen LogP contribution >= 0.6 is 0 Å². The zero-order valence-corrected chi connectivity index (χ0v) is 40.1. The van der Waals surface area contributed by atoms with E-state index in [1.54, 1.807) is 0 Å². The lowest BCUT2D eigenvalue weighted by atomic mass is 10.1. The molecule has 62 heavy (non-hydrogen) atoms. The number of ether oxygens (including phenoxy) is 3. The molecule has 0 fully saturated rings. The maximum Gasteiger partial charge on any atom is 0.306 e. The molecule has 1 unspecified atom stereocenters. The van der Waals surface area contributed by atoms with Crippen molar-refractivity contribution in [1.29, 1.82) is 0 Å². The van der Waals surface area contributed by atoms with Crippen molar-refractivity contribution in [3.63, 3.8) is 0 Å². The Morgan fingerprint density at radius 1 is 0.339 bits per heavy atom. The van der Waals surface area contributed by atoms with Crippen LogP contribution in [0.5, 0.6) is 0 Å². The number of allylic oxidation sites excluding steroid dienone is 16. The Labute approximate surface area is 381 Å². The predicted octanol–water partition coefficient (Wildman–Crippen LogP) is 16.6. The lowest BCUT2D eigenvalue weighted by molar-refractivity contribution is -0.167. The van der Waals surface area contributed by atoms with Gasteiger partial charge in [0.1, 0.15) is 13.2 Å². The number of hydrogen-bond donors (Lipinski definition) is 0. The Morgan fingerprint density at radius 2 is 0.661 bits per heavy atom. The summed E-state index contributed by atoms with van der Waals surface area (Å²) in [4.78, 5) is 37.8. The van der Waals surface area contributed by atoms with E-state index in [1.807, 2.05) is 0 Å². The van der Waals surface area contributed by atoms with Crippen molar-refractivity contribution in [1.82, 2.24) is 0 Å². The zero-order chi connectivity index (χ0) is 45.1. The largest absolute Gasteiger partial charge is 0.462 e. The summed E-state index contributed by atoms with van der Waals surface area (Å²) < 4.78 is 16.7. The molecular formula is C56H92O6. The molecule has 0 heterocycles. The first-order valence-electron chi connectivity index (χ1n) is 25.3. The van der Waals surface area contributed by atoms with Crippen LogP contribution in [-0.4, -0.2) is 37.2 Å². The van der Waals surface area contributed by atoms with Crippen LogP contribution in [0.3, 0.4) is 0 Å². The fourth-order valence-electron chi connectivity index (χ4n) is 6.56. The number of carbonyl (C=O) groups is 3. The first-order chi connectivity index (χ1) is 30.5. The van der Waals surface area contributed by atoms with Crippen molar-refractivity contribution in [2.24, 2.45) is 0 Å². The molecule has 0 aliphatic carbocycles. The van der Waals surface area contributed by atoms with Crippen molar-refractivity contribution >= 4 is 17.9 Å². The van der Waals surface area contributed by atoms with Gasteiger partial charge in [0.2, 0.25) is 0 Å². The van der Waals surface area contributed by atoms with E-state index in [4.69, 9.17) is 14.2 Å². The van der Waals surface area contributed by atoms with E-state index in [-0.39, 0.29) is 37.5 Å². The summed E-state index contributed by atoms with van der Waals surface area (Å²) in [6.45, 7) is 6.47. The lowest BCUT2D eigenvalue weighted by Crippen LogP contribution is -2.30. The SMILES string of the molecule is CCCCC\C=C/C=C\C=C/C=C\CCCCCCCC(=O)OCC(COC(=O)CCCCCCCCCCC)OC(=O)CCC/C=C\C/C=C\C/C=C\C/C=C\CCCCC. The fraction of sp³-hybridized carbons (Fsp3) is 0.661. The topological polar surface area (TPSA) is 78.9 Å². The molecule has 6 heteroatoms. The molecule has 0 spiro atoms. The van der Waals surface area contributed by atoms with Crippen LogP contribution in [0.4, 0.5) is 0 Å². The van der Waals surface area contributed by atoms with Gasteiger partial charge in [0.25, 0.3) is 0 Å². The minimum absolute atomic E-state index is 0.107. The van der Waals surface area contributed by atoms with Gasteiger partial charge in [-0.15, -0.1) is 0 Å². The standard InChI is InChI=1S/C56H92O6/c1-4-7-10-13-16-19-21-23-25-27-29-30-32-34-37-40-43-46-49-55(58)61-52-53(51-60-54(57)48-45-42-39-36-18-15-12-9-6-3)62-56(59)50-47-44-41-38-35-33-31-28-26-24-22-20-17-14-11-8-5-2/h16-17,19-21,23-27,29-31,33,38,41,53H,4-15,18,22,28,32,34-37,39-40,42-52H2,1-3H3/b19-16-,20-17-,23-21-,26-24-,27-25-,30-29-,33-31-,41-38-. The van der Waals surface area contributed by atoms with Gasteiger partial charge in [-0.05, 0) is 83.5 Å². The number of rotatable bonds is 44. The van der Waals surface area contributed by atoms with E-state index >= 15 is 0 Å². The van der Waals surface area contributed by atoms with Crippen molar-refractivity contribution in [2.45, 2.75) is 226 Å². The van der Waals surface area contributed by atoms with E-state index in [2.05, 4.69) is 118 Å². The summed E-state index contributed by atoms with van der Waals surface area (Å²) in [5.41, 5.74) is 0. The van der Waals surface area contributed by atoms with E-state index in [0.29, 0.717) is 19.3 Å². The highest BCUT2D eigenvalue weighted by atomic mass is 16.6. The molecule has 0 N–H and O–H groups in total. The quantitative estimate of drug-likeness (QED) is 0.0200. The molecule has 1 atom stereocenters. The van der Waals surface area contributed by atoms with E-state index < -0.39 is 6.10 Å². The van der Waals surface area contributed by atoms with Crippen LogP contribution in [0.15, 0.2) is 97.2 Å². The third-order valence-corrected chi connectivity index (χ3v) is 10.4. The highest BCUT2D eigenvalue weighted by molar-refractivity contribution is 5.71. The van der Waals surface area contributed by atoms with Crippen molar-refractivity contribution in [3.05, 3.63) is 97.2 Å². The van der Waals surface area contributed by atoms with Crippen molar-refractivity contribution in [2.75, 3.05) is 13.2 Å². The zero-order valence-electron chi connectivity index (χ0n) is 40.1. The second-order valence-electron chi connectivity index (χ2n) is 16.5. The fourth-order valence-corrected chi connectivity index (χ4v) is 6.56. The molecule has 0 aromatic carbocycles. The van der Waals surface area contributed by atoms with Gasteiger partial charge in [0, 0.05) is 19.3 Å². The molecule has 0 radical (unpaired) electrons. The van der Waals surface area contributed by atoms with Crippen LogP contribution in [0.1, 0.15) is 220 Å². The average Bonchev–Trinajstić information content (AvgIpc) is 3.27. The van der Waals surface area contributed by atoms with Gasteiger partial charge in [-0.3, -0.25) is 14.4 Å². The molecule has 0 aliphatic heterocycles. The van der Waals surface area contributed by atoms with Crippen LogP contribution in [0.25, 0.3) is 0 Å². The first kappa shape index (κ1) is 58.3. The molecule has 0 saturated carbocycles. The highest BCUT2D eigenvalue weighted by Gasteiger charge is 2.19.